The van der Waals surface area contributed by atoms with Gasteiger partial charge in [-0.3, -0.25) is 0 Å². The van der Waals surface area contributed by atoms with E-state index in [0.29, 0.717) is 36.3 Å². The number of rotatable bonds is 7. The van der Waals surface area contributed by atoms with E-state index >= 15 is 0 Å². The zero-order chi connectivity index (χ0) is 25.1. The third-order valence-corrected chi connectivity index (χ3v) is 8.85. The molecular formula is C28H47N5O2. The van der Waals surface area contributed by atoms with Crippen molar-refractivity contribution in [3.05, 3.63) is 11.3 Å². The molecule has 0 saturated heterocycles. The molecule has 2 fully saturated rings. The zero-order valence-corrected chi connectivity index (χ0v) is 22.6. The van der Waals surface area contributed by atoms with Crippen LogP contribution < -0.4 is 10.2 Å². The molecule has 1 amide bonds. The van der Waals surface area contributed by atoms with Gasteiger partial charge in [0.2, 0.25) is 5.95 Å². The Hall–Kier alpha value is -2.05. The average Bonchev–Trinajstić information content (AvgIpc) is 2.82. The number of carbonyl (C=O) groups is 1. The van der Waals surface area contributed by atoms with Gasteiger partial charge in [-0.2, -0.15) is 4.98 Å². The minimum atomic E-state index is -0.728. The van der Waals surface area contributed by atoms with Gasteiger partial charge >= 0.3 is 6.09 Å². The Labute approximate surface area is 212 Å². The van der Waals surface area contributed by atoms with Gasteiger partial charge in [-0.15, -0.1) is 0 Å². The van der Waals surface area contributed by atoms with Gasteiger partial charge in [0.15, 0.2) is 0 Å². The summed E-state index contributed by atoms with van der Waals surface area (Å²) in [7, 11) is 4.13. The molecule has 4 rings (SSSR count). The molecule has 1 heterocycles. The Morgan fingerprint density at radius 2 is 1.77 bits per heavy atom. The second kappa shape index (κ2) is 11.3. The summed E-state index contributed by atoms with van der Waals surface area (Å²) in [6.45, 7) is 7.48. The second-order valence-corrected chi connectivity index (χ2v) is 12.1. The van der Waals surface area contributed by atoms with Crippen molar-refractivity contribution >= 4 is 17.9 Å². The molecule has 35 heavy (non-hydrogen) atoms. The molecule has 0 aliphatic heterocycles. The summed E-state index contributed by atoms with van der Waals surface area (Å²) in [6, 6.07) is 0.528. The van der Waals surface area contributed by atoms with Crippen LogP contribution in [-0.2, 0) is 12.8 Å². The number of aryl methyl sites for hydroxylation is 1. The maximum atomic E-state index is 12.4. The zero-order valence-electron chi connectivity index (χ0n) is 22.6. The van der Waals surface area contributed by atoms with Crippen LogP contribution in [0, 0.1) is 23.7 Å². The van der Waals surface area contributed by atoms with E-state index in [-0.39, 0.29) is 6.04 Å². The summed E-state index contributed by atoms with van der Waals surface area (Å²) in [5.74, 6) is 3.88. The number of hydrogen-bond donors (Lipinski definition) is 2. The summed E-state index contributed by atoms with van der Waals surface area (Å²) in [6.07, 6.45) is 11.4. The quantitative estimate of drug-likeness (QED) is 0.505. The number of fused-ring (bicyclic) bond motifs is 1. The Kier molecular flexibility index (Phi) is 8.43. The minimum absolute atomic E-state index is 0.167. The number of anilines is 2. The van der Waals surface area contributed by atoms with E-state index < -0.39 is 6.09 Å². The van der Waals surface area contributed by atoms with Crippen LogP contribution >= 0.6 is 0 Å². The summed E-state index contributed by atoms with van der Waals surface area (Å²) in [4.78, 5) is 26.1. The summed E-state index contributed by atoms with van der Waals surface area (Å²) in [5.41, 5.74) is 2.53. The van der Waals surface area contributed by atoms with Crippen LogP contribution in [0.3, 0.4) is 0 Å². The highest BCUT2D eigenvalue weighted by molar-refractivity contribution is 5.65. The number of aromatic nitrogens is 2. The van der Waals surface area contributed by atoms with Gasteiger partial charge < -0.3 is 20.2 Å². The molecule has 196 valence electrons. The van der Waals surface area contributed by atoms with Crippen molar-refractivity contribution in [3.63, 3.8) is 0 Å². The van der Waals surface area contributed by atoms with Crippen LogP contribution in [0.5, 0.6) is 0 Å². The predicted molar refractivity (Wildman–Crippen MR) is 142 cm³/mol. The van der Waals surface area contributed by atoms with Gasteiger partial charge in [0, 0.05) is 38.3 Å². The van der Waals surface area contributed by atoms with Crippen LogP contribution in [0.25, 0.3) is 0 Å². The molecule has 0 radical (unpaired) electrons. The van der Waals surface area contributed by atoms with Crippen LogP contribution in [0.1, 0.15) is 89.8 Å². The normalized spacial score (nSPS) is 28.9. The molecule has 2 N–H and O–H groups in total. The Balaban J connectivity index is 1.37. The van der Waals surface area contributed by atoms with E-state index in [1.807, 2.05) is 4.90 Å². The molecular weight excluding hydrogens is 438 g/mol. The lowest BCUT2D eigenvalue weighted by molar-refractivity contribution is 0.0440. The van der Waals surface area contributed by atoms with E-state index in [2.05, 4.69) is 45.1 Å². The average molecular weight is 486 g/mol. The first-order valence-corrected chi connectivity index (χ1v) is 14.1. The molecule has 3 aliphatic carbocycles. The van der Waals surface area contributed by atoms with E-state index in [1.54, 1.807) is 0 Å². The Morgan fingerprint density at radius 3 is 2.43 bits per heavy atom. The Morgan fingerprint density at radius 1 is 1.06 bits per heavy atom. The molecule has 0 aromatic carbocycles. The van der Waals surface area contributed by atoms with E-state index in [4.69, 9.17) is 9.97 Å². The molecule has 0 bridgehead atoms. The van der Waals surface area contributed by atoms with Crippen molar-refractivity contribution in [3.8, 4) is 0 Å². The van der Waals surface area contributed by atoms with Gasteiger partial charge in [-0.05, 0) is 87.9 Å². The first-order chi connectivity index (χ1) is 16.7. The maximum Gasteiger partial charge on any atom is 0.407 e. The number of nitrogens with zero attached hydrogens (tertiary/aromatic N) is 4. The van der Waals surface area contributed by atoms with Gasteiger partial charge in [-0.25, -0.2) is 9.78 Å². The lowest BCUT2D eigenvalue weighted by Gasteiger charge is -2.44. The van der Waals surface area contributed by atoms with Crippen LogP contribution in [0.15, 0.2) is 0 Å². The van der Waals surface area contributed by atoms with Crippen LogP contribution in [-0.4, -0.2) is 58.8 Å². The molecule has 3 aliphatic rings. The molecule has 7 nitrogen and oxygen atoms in total. The smallest absolute Gasteiger partial charge is 0.407 e. The fourth-order valence-electron chi connectivity index (χ4n) is 6.82. The van der Waals surface area contributed by atoms with Crippen LogP contribution in [0.2, 0.25) is 0 Å². The van der Waals surface area contributed by atoms with Crippen molar-refractivity contribution in [1.82, 2.24) is 14.9 Å². The largest absolute Gasteiger partial charge is 0.465 e. The van der Waals surface area contributed by atoms with Crippen molar-refractivity contribution in [2.24, 2.45) is 23.7 Å². The predicted octanol–water partition coefficient (Wildman–Crippen LogP) is 5.83. The summed E-state index contributed by atoms with van der Waals surface area (Å²) >= 11 is 0. The molecule has 3 atom stereocenters. The standard InChI is InChI=1S/C28H47N5O2/c1-18(2)22-15-10-19(3)16-25(22)33(28(34)35)17-20-11-13-21(14-12-20)29-27-30-24-9-7-6-8-23(24)26(31-27)32(4)5/h18-22,25H,6-17H2,1-5H3,(H,34,35)(H,29,30,31)/t19-,20-,21+,22+,25?/m1/s1. The monoisotopic (exact) mass is 485 g/mol. The molecule has 1 aromatic heterocycles. The van der Waals surface area contributed by atoms with E-state index in [1.165, 1.54) is 30.5 Å². The maximum absolute atomic E-state index is 12.4. The molecule has 1 unspecified atom stereocenters. The molecule has 2 saturated carbocycles. The highest BCUT2D eigenvalue weighted by Crippen LogP contribution is 2.38. The number of amides is 1. The molecule has 7 heteroatoms. The SMILES string of the molecule is CC(C)[C@@H]1CC[C@@H](C)CC1N(C[C@H]1CC[C@@H](Nc2nc3c(c(N(C)C)n2)CCCC3)CC1)C(=O)O. The first-order valence-electron chi connectivity index (χ1n) is 14.1. The fourth-order valence-corrected chi connectivity index (χ4v) is 6.82. The van der Waals surface area contributed by atoms with Crippen molar-refractivity contribution in [2.45, 2.75) is 103 Å². The van der Waals surface area contributed by atoms with E-state index in [9.17, 15) is 9.90 Å². The van der Waals surface area contributed by atoms with Gasteiger partial charge in [0.05, 0.1) is 5.69 Å². The van der Waals surface area contributed by atoms with Gasteiger partial charge in [0.1, 0.15) is 5.82 Å². The second-order valence-electron chi connectivity index (χ2n) is 12.1. The number of nitrogens with one attached hydrogen (secondary N) is 1. The number of hydrogen-bond acceptors (Lipinski definition) is 5. The first kappa shape index (κ1) is 26.0. The lowest BCUT2D eigenvalue weighted by atomic mass is 9.73. The van der Waals surface area contributed by atoms with Crippen LogP contribution in [0.4, 0.5) is 16.6 Å². The Bertz CT molecular complexity index is 865. The highest BCUT2D eigenvalue weighted by Gasteiger charge is 2.38. The highest BCUT2D eigenvalue weighted by atomic mass is 16.4. The third-order valence-electron chi connectivity index (χ3n) is 8.85. The van der Waals surface area contributed by atoms with Crippen molar-refractivity contribution < 1.29 is 9.90 Å². The van der Waals surface area contributed by atoms with E-state index in [0.717, 1.165) is 63.1 Å². The van der Waals surface area contributed by atoms with Crippen molar-refractivity contribution in [1.29, 1.82) is 0 Å². The minimum Gasteiger partial charge on any atom is -0.465 e. The van der Waals surface area contributed by atoms with Crippen molar-refractivity contribution in [2.75, 3.05) is 30.9 Å². The molecule has 1 aromatic rings. The lowest BCUT2D eigenvalue weighted by Crippen LogP contribution is -2.50. The fraction of sp³-hybridized carbons (Fsp3) is 0.821. The molecule has 0 spiro atoms. The summed E-state index contributed by atoms with van der Waals surface area (Å²) < 4.78 is 0. The third kappa shape index (κ3) is 6.21. The van der Waals surface area contributed by atoms with Gasteiger partial charge in [0.25, 0.3) is 0 Å². The number of carboxylic acid groups (broad SMARTS) is 1. The van der Waals surface area contributed by atoms with Gasteiger partial charge in [-0.1, -0.05) is 27.2 Å². The topological polar surface area (TPSA) is 81.6 Å². The summed E-state index contributed by atoms with van der Waals surface area (Å²) in [5, 5.41) is 13.8.